The summed E-state index contributed by atoms with van der Waals surface area (Å²) in [5.41, 5.74) is 0.833. The zero-order valence-corrected chi connectivity index (χ0v) is 12.2. The van der Waals surface area contributed by atoms with E-state index in [-0.39, 0.29) is 36.6 Å². The molecule has 116 valence electrons. The van der Waals surface area contributed by atoms with Crippen molar-refractivity contribution in [1.29, 1.82) is 0 Å². The fourth-order valence-corrected chi connectivity index (χ4v) is 2.39. The maximum Gasteiger partial charge on any atom is 0.261 e. The van der Waals surface area contributed by atoms with Crippen LogP contribution < -0.4 is 5.32 Å². The second kappa shape index (κ2) is 6.35. The summed E-state index contributed by atoms with van der Waals surface area (Å²) in [5, 5.41) is 2.56. The highest BCUT2D eigenvalue weighted by atomic mass is 16.2. The Labute approximate surface area is 132 Å². The maximum atomic E-state index is 12.2. The largest absolute Gasteiger partial charge is 0.295 e. The van der Waals surface area contributed by atoms with E-state index in [1.54, 1.807) is 30.3 Å². The minimum absolute atomic E-state index is 0.172. The maximum absolute atomic E-state index is 12.2. The lowest BCUT2D eigenvalue weighted by atomic mass is 10.1. The van der Waals surface area contributed by atoms with Crippen LogP contribution in [0.1, 0.15) is 33.6 Å². The molecule has 7 heteroatoms. The van der Waals surface area contributed by atoms with E-state index in [4.69, 9.17) is 0 Å². The number of nitrogens with one attached hydrogen (secondary N) is 1. The van der Waals surface area contributed by atoms with Gasteiger partial charge in [0.05, 0.1) is 11.1 Å². The average molecular weight is 310 g/mol. The molecule has 0 aliphatic carbocycles. The standard InChI is InChI=1S/C16H14N4O3/c21-13(19-16-17-8-4-9-18-16)7-3-10-20-14(22)11-5-1-2-6-12(11)15(20)23/h1-2,4-6,8-9H,3,7,10H2,(H,17,18,19,21). The number of nitrogens with zero attached hydrogens (tertiary/aromatic N) is 3. The molecule has 7 nitrogen and oxygen atoms in total. The van der Waals surface area contributed by atoms with Crippen LogP contribution in [0.2, 0.25) is 0 Å². The highest BCUT2D eigenvalue weighted by Gasteiger charge is 2.34. The Bertz CT molecular complexity index is 726. The molecular weight excluding hydrogens is 296 g/mol. The summed E-state index contributed by atoms with van der Waals surface area (Å²) in [7, 11) is 0. The summed E-state index contributed by atoms with van der Waals surface area (Å²) in [6.45, 7) is 0.204. The summed E-state index contributed by atoms with van der Waals surface area (Å²) in [5.74, 6) is -0.638. The number of amides is 3. The van der Waals surface area contributed by atoms with Gasteiger partial charge >= 0.3 is 0 Å². The predicted molar refractivity (Wildman–Crippen MR) is 81.7 cm³/mol. The first kappa shape index (κ1) is 14.8. The van der Waals surface area contributed by atoms with Gasteiger partial charge in [0.15, 0.2) is 0 Å². The van der Waals surface area contributed by atoms with Gasteiger partial charge in [0.2, 0.25) is 11.9 Å². The molecule has 2 aromatic rings. The molecule has 0 unspecified atom stereocenters. The Balaban J connectivity index is 1.53. The fourth-order valence-electron chi connectivity index (χ4n) is 2.39. The van der Waals surface area contributed by atoms with E-state index in [1.165, 1.54) is 17.3 Å². The number of fused-ring (bicyclic) bond motifs is 1. The van der Waals surface area contributed by atoms with Gasteiger partial charge < -0.3 is 0 Å². The lowest BCUT2D eigenvalue weighted by Gasteiger charge is -2.13. The van der Waals surface area contributed by atoms with Crippen molar-refractivity contribution in [2.24, 2.45) is 0 Å². The summed E-state index contributed by atoms with van der Waals surface area (Å²) >= 11 is 0. The Morgan fingerprint density at radius 3 is 2.22 bits per heavy atom. The topological polar surface area (TPSA) is 92.3 Å². The Hall–Kier alpha value is -3.09. The van der Waals surface area contributed by atoms with E-state index in [1.807, 2.05) is 0 Å². The van der Waals surface area contributed by atoms with Crippen LogP contribution in [0.5, 0.6) is 0 Å². The molecule has 23 heavy (non-hydrogen) atoms. The van der Waals surface area contributed by atoms with Crippen LogP contribution >= 0.6 is 0 Å². The number of carbonyl (C=O) groups excluding carboxylic acids is 3. The first-order valence-electron chi connectivity index (χ1n) is 7.19. The van der Waals surface area contributed by atoms with Gasteiger partial charge in [-0.15, -0.1) is 0 Å². The Morgan fingerprint density at radius 1 is 1.00 bits per heavy atom. The van der Waals surface area contributed by atoms with Crippen molar-refractivity contribution < 1.29 is 14.4 Å². The van der Waals surface area contributed by atoms with Gasteiger partial charge in [-0.05, 0) is 24.6 Å². The van der Waals surface area contributed by atoms with Crippen LogP contribution in [0.15, 0.2) is 42.7 Å². The smallest absolute Gasteiger partial charge is 0.261 e. The molecule has 1 aromatic heterocycles. The minimum Gasteiger partial charge on any atom is -0.295 e. The van der Waals surface area contributed by atoms with Crippen LogP contribution in [0.25, 0.3) is 0 Å². The summed E-state index contributed by atoms with van der Waals surface area (Å²) in [6.07, 6.45) is 3.61. The van der Waals surface area contributed by atoms with Crippen molar-refractivity contribution in [1.82, 2.24) is 14.9 Å². The zero-order chi connectivity index (χ0) is 16.2. The third kappa shape index (κ3) is 3.08. The van der Waals surface area contributed by atoms with Gasteiger partial charge in [-0.3, -0.25) is 24.6 Å². The number of rotatable bonds is 5. The van der Waals surface area contributed by atoms with E-state index in [0.29, 0.717) is 17.5 Å². The number of anilines is 1. The van der Waals surface area contributed by atoms with Crippen molar-refractivity contribution in [3.05, 3.63) is 53.9 Å². The third-order valence-corrected chi connectivity index (χ3v) is 3.48. The molecule has 0 saturated heterocycles. The first-order chi connectivity index (χ1) is 11.2. The molecule has 0 radical (unpaired) electrons. The summed E-state index contributed by atoms with van der Waals surface area (Å²) in [6, 6.07) is 8.36. The molecule has 1 aromatic carbocycles. The summed E-state index contributed by atoms with van der Waals surface area (Å²) < 4.78 is 0. The molecule has 3 amide bonds. The SMILES string of the molecule is O=C(CCCN1C(=O)c2ccccc2C1=O)Nc1ncccn1. The number of carbonyl (C=O) groups is 3. The molecule has 0 saturated carbocycles. The second-order valence-corrected chi connectivity index (χ2v) is 5.03. The van der Waals surface area contributed by atoms with Crippen LogP contribution in [0, 0.1) is 0 Å². The third-order valence-electron chi connectivity index (χ3n) is 3.48. The van der Waals surface area contributed by atoms with E-state index < -0.39 is 0 Å². The molecule has 0 atom stereocenters. The van der Waals surface area contributed by atoms with Crippen LogP contribution in [0.4, 0.5) is 5.95 Å². The number of aromatic nitrogens is 2. The van der Waals surface area contributed by atoms with E-state index in [9.17, 15) is 14.4 Å². The number of hydrogen-bond acceptors (Lipinski definition) is 5. The quantitative estimate of drug-likeness (QED) is 0.845. The van der Waals surface area contributed by atoms with Crippen molar-refractivity contribution in [2.45, 2.75) is 12.8 Å². The molecule has 3 rings (SSSR count). The number of benzene rings is 1. The fraction of sp³-hybridized carbons (Fsp3) is 0.188. The van der Waals surface area contributed by atoms with E-state index >= 15 is 0 Å². The molecular formula is C16H14N4O3. The van der Waals surface area contributed by atoms with Crippen LogP contribution in [0.3, 0.4) is 0 Å². The minimum atomic E-state index is -0.308. The van der Waals surface area contributed by atoms with Crippen molar-refractivity contribution in [3.63, 3.8) is 0 Å². The monoisotopic (exact) mass is 310 g/mol. The normalized spacial score (nSPS) is 13.1. The van der Waals surface area contributed by atoms with Gasteiger partial charge in [0.1, 0.15) is 0 Å². The van der Waals surface area contributed by atoms with Gasteiger partial charge in [-0.2, -0.15) is 0 Å². The number of hydrogen-bond donors (Lipinski definition) is 1. The van der Waals surface area contributed by atoms with Crippen LogP contribution in [-0.2, 0) is 4.79 Å². The first-order valence-corrected chi connectivity index (χ1v) is 7.19. The van der Waals surface area contributed by atoms with Gasteiger partial charge in [-0.1, -0.05) is 12.1 Å². The summed E-state index contributed by atoms with van der Waals surface area (Å²) in [4.78, 5) is 45.1. The van der Waals surface area contributed by atoms with Gasteiger partial charge in [0, 0.05) is 25.4 Å². The molecule has 1 aliphatic rings. The molecule has 1 N–H and O–H groups in total. The van der Waals surface area contributed by atoms with Gasteiger partial charge in [-0.25, -0.2) is 9.97 Å². The predicted octanol–water partition coefficient (Wildman–Crippen LogP) is 1.49. The van der Waals surface area contributed by atoms with Crippen molar-refractivity contribution in [3.8, 4) is 0 Å². The molecule has 0 bridgehead atoms. The molecule has 0 spiro atoms. The van der Waals surface area contributed by atoms with E-state index in [0.717, 1.165) is 0 Å². The molecule has 0 fully saturated rings. The zero-order valence-electron chi connectivity index (χ0n) is 12.2. The lowest BCUT2D eigenvalue weighted by molar-refractivity contribution is -0.116. The second-order valence-electron chi connectivity index (χ2n) is 5.03. The Kier molecular flexibility index (Phi) is 4.09. The number of imide groups is 1. The Morgan fingerprint density at radius 2 is 1.61 bits per heavy atom. The highest BCUT2D eigenvalue weighted by Crippen LogP contribution is 2.22. The highest BCUT2D eigenvalue weighted by molar-refractivity contribution is 6.21. The lowest BCUT2D eigenvalue weighted by Crippen LogP contribution is -2.31. The van der Waals surface area contributed by atoms with E-state index in [2.05, 4.69) is 15.3 Å². The van der Waals surface area contributed by atoms with Crippen molar-refractivity contribution in [2.75, 3.05) is 11.9 Å². The van der Waals surface area contributed by atoms with Crippen molar-refractivity contribution >= 4 is 23.7 Å². The van der Waals surface area contributed by atoms with Crippen LogP contribution in [-0.4, -0.2) is 39.1 Å². The van der Waals surface area contributed by atoms with Gasteiger partial charge in [0.25, 0.3) is 11.8 Å². The molecule has 1 aliphatic heterocycles. The average Bonchev–Trinajstić information content (AvgIpc) is 2.81. The molecule has 2 heterocycles.